The summed E-state index contributed by atoms with van der Waals surface area (Å²) in [4.78, 5) is 38.2. The van der Waals surface area contributed by atoms with Crippen molar-refractivity contribution in [2.45, 2.75) is 284 Å². The fraction of sp³-hybridized carbons (Fsp3) is 0.730. The average molecular weight is 962 g/mol. The summed E-state index contributed by atoms with van der Waals surface area (Å²) in [5.74, 6) is -0.958. The number of allylic oxidation sites excluding steroid dienone is 14. The summed E-state index contributed by atoms with van der Waals surface area (Å²) in [6.07, 6.45) is 74.3. The second-order valence-corrected chi connectivity index (χ2v) is 19.2. The van der Waals surface area contributed by atoms with Gasteiger partial charge in [0.2, 0.25) is 0 Å². The normalized spacial score (nSPS) is 12.7. The van der Waals surface area contributed by atoms with Crippen LogP contribution < -0.4 is 0 Å². The van der Waals surface area contributed by atoms with Crippen LogP contribution in [-0.4, -0.2) is 37.2 Å². The van der Waals surface area contributed by atoms with Crippen molar-refractivity contribution in [2.24, 2.45) is 0 Å². The number of esters is 3. The third kappa shape index (κ3) is 55.4. The molecular formula is C63H108O6. The minimum absolute atomic E-state index is 0.0997. The number of carbonyl (C=O) groups excluding carboxylic acids is 3. The first-order valence-corrected chi connectivity index (χ1v) is 29.1. The first-order chi connectivity index (χ1) is 34.0. The second-order valence-electron chi connectivity index (χ2n) is 19.2. The van der Waals surface area contributed by atoms with E-state index in [0.29, 0.717) is 19.3 Å². The topological polar surface area (TPSA) is 78.9 Å². The molecule has 0 aliphatic rings. The molecule has 1 atom stereocenters. The number of hydrogen-bond acceptors (Lipinski definition) is 6. The minimum Gasteiger partial charge on any atom is -0.462 e. The van der Waals surface area contributed by atoms with Gasteiger partial charge in [0.05, 0.1) is 0 Å². The van der Waals surface area contributed by atoms with E-state index in [-0.39, 0.29) is 37.5 Å². The van der Waals surface area contributed by atoms with Crippen molar-refractivity contribution in [3.8, 4) is 0 Å². The van der Waals surface area contributed by atoms with E-state index in [1.807, 2.05) is 0 Å². The molecule has 0 unspecified atom stereocenters. The van der Waals surface area contributed by atoms with Crippen molar-refractivity contribution >= 4 is 17.9 Å². The van der Waals surface area contributed by atoms with E-state index in [4.69, 9.17) is 14.2 Å². The monoisotopic (exact) mass is 961 g/mol. The highest BCUT2D eigenvalue weighted by atomic mass is 16.6. The lowest BCUT2D eigenvalue weighted by molar-refractivity contribution is -0.167. The largest absolute Gasteiger partial charge is 0.462 e. The van der Waals surface area contributed by atoms with Gasteiger partial charge in [0, 0.05) is 19.3 Å². The van der Waals surface area contributed by atoms with E-state index >= 15 is 0 Å². The fourth-order valence-electron chi connectivity index (χ4n) is 8.04. The summed E-state index contributed by atoms with van der Waals surface area (Å²) in [6.45, 7) is 6.47. The second kappa shape index (κ2) is 57.2. The maximum Gasteiger partial charge on any atom is 0.306 e. The van der Waals surface area contributed by atoms with E-state index in [1.165, 1.54) is 141 Å². The molecule has 0 aromatic carbocycles. The fourth-order valence-corrected chi connectivity index (χ4v) is 8.04. The molecule has 396 valence electrons. The highest BCUT2D eigenvalue weighted by Crippen LogP contribution is 2.16. The average Bonchev–Trinajstić information content (AvgIpc) is 3.35. The molecule has 0 aromatic heterocycles. The molecule has 6 heteroatoms. The van der Waals surface area contributed by atoms with Crippen molar-refractivity contribution in [1.29, 1.82) is 0 Å². The van der Waals surface area contributed by atoms with Crippen LogP contribution in [-0.2, 0) is 28.6 Å². The molecule has 0 aromatic rings. The van der Waals surface area contributed by atoms with E-state index < -0.39 is 6.10 Å². The zero-order chi connectivity index (χ0) is 50.0. The maximum absolute atomic E-state index is 12.8. The molecule has 6 nitrogen and oxygen atoms in total. The van der Waals surface area contributed by atoms with Crippen molar-refractivity contribution in [3.63, 3.8) is 0 Å². The van der Waals surface area contributed by atoms with Crippen molar-refractivity contribution in [1.82, 2.24) is 0 Å². The Labute approximate surface area is 426 Å². The van der Waals surface area contributed by atoms with Crippen LogP contribution in [0.4, 0.5) is 0 Å². The van der Waals surface area contributed by atoms with Gasteiger partial charge in [-0.3, -0.25) is 14.4 Å². The third-order valence-electron chi connectivity index (χ3n) is 12.4. The summed E-state index contributed by atoms with van der Waals surface area (Å²) in [7, 11) is 0. The molecule has 0 aliphatic heterocycles. The first-order valence-electron chi connectivity index (χ1n) is 29.1. The van der Waals surface area contributed by atoms with Crippen molar-refractivity contribution in [3.05, 3.63) is 85.1 Å². The molecule has 0 radical (unpaired) electrons. The van der Waals surface area contributed by atoms with Crippen molar-refractivity contribution in [2.75, 3.05) is 13.2 Å². The lowest BCUT2D eigenvalue weighted by Gasteiger charge is -2.18. The minimum atomic E-state index is -0.809. The maximum atomic E-state index is 12.8. The molecule has 0 spiro atoms. The van der Waals surface area contributed by atoms with Gasteiger partial charge in [-0.15, -0.1) is 0 Å². The number of unbranched alkanes of at least 4 members (excludes halogenated alkanes) is 27. The Kier molecular flexibility index (Phi) is 54.3. The van der Waals surface area contributed by atoms with Gasteiger partial charge in [0.25, 0.3) is 0 Å². The molecular weight excluding hydrogens is 853 g/mol. The van der Waals surface area contributed by atoms with Crippen LogP contribution in [0.5, 0.6) is 0 Å². The number of carbonyl (C=O) groups is 3. The predicted octanol–water partition coefficient (Wildman–Crippen LogP) is 19.5. The molecule has 0 rings (SSSR count). The van der Waals surface area contributed by atoms with E-state index in [9.17, 15) is 14.4 Å². The van der Waals surface area contributed by atoms with E-state index in [2.05, 4.69) is 106 Å². The molecule has 0 heterocycles. The van der Waals surface area contributed by atoms with Gasteiger partial charge in [0.1, 0.15) is 13.2 Å². The van der Waals surface area contributed by atoms with Crippen LogP contribution in [0.1, 0.15) is 278 Å². The first kappa shape index (κ1) is 65.6. The number of ether oxygens (including phenoxy) is 3. The molecule has 0 N–H and O–H groups in total. The smallest absolute Gasteiger partial charge is 0.306 e. The summed E-state index contributed by atoms with van der Waals surface area (Å²) >= 11 is 0. The summed E-state index contributed by atoms with van der Waals surface area (Å²) < 4.78 is 16.8. The van der Waals surface area contributed by atoms with Gasteiger partial charge in [-0.25, -0.2) is 0 Å². The molecule has 0 amide bonds. The van der Waals surface area contributed by atoms with Crippen LogP contribution in [0.3, 0.4) is 0 Å². The molecule has 0 saturated heterocycles. The van der Waals surface area contributed by atoms with Crippen molar-refractivity contribution < 1.29 is 28.6 Å². The Morgan fingerprint density at radius 1 is 0.304 bits per heavy atom. The summed E-state index contributed by atoms with van der Waals surface area (Å²) in [5, 5.41) is 0. The predicted molar refractivity (Wildman–Crippen MR) is 297 cm³/mol. The van der Waals surface area contributed by atoms with Gasteiger partial charge >= 0.3 is 17.9 Å². The number of hydrogen-bond donors (Lipinski definition) is 0. The Bertz CT molecular complexity index is 1330. The zero-order valence-electron chi connectivity index (χ0n) is 45.3. The molecule has 0 bridgehead atoms. The van der Waals surface area contributed by atoms with Crippen LogP contribution in [0, 0.1) is 0 Å². The number of rotatable bonds is 52. The van der Waals surface area contributed by atoms with Crippen LogP contribution in [0.15, 0.2) is 85.1 Å². The zero-order valence-corrected chi connectivity index (χ0v) is 45.3. The molecule has 0 aliphatic carbocycles. The van der Waals surface area contributed by atoms with Gasteiger partial charge < -0.3 is 14.2 Å². The highest BCUT2D eigenvalue weighted by Gasteiger charge is 2.19. The summed E-state index contributed by atoms with van der Waals surface area (Å²) in [6, 6.07) is 0. The quantitative estimate of drug-likeness (QED) is 0.0262. The molecule has 69 heavy (non-hydrogen) atoms. The lowest BCUT2D eigenvalue weighted by Crippen LogP contribution is -2.30. The Morgan fingerprint density at radius 3 is 0.957 bits per heavy atom. The SMILES string of the molecule is CC/C=C\C/C=C\C/C=C\C/C=C\C/C=C\CCCC(=O)O[C@H](COC(=O)CCCCCCCCC/C=C\C/C=C\CCCCC)COC(=O)CCCCCCCCCCCCCCCCCCC. The van der Waals surface area contributed by atoms with Gasteiger partial charge in [-0.1, -0.05) is 254 Å². The standard InChI is InChI=1S/C63H108O6/c1-4-7-10-13-16-19-22-25-28-31-34-37-40-43-46-49-52-55-61(64)67-58-60(69-63(66)57-54-51-48-45-42-39-36-33-30-27-24-21-18-15-12-9-6-3)59-68-62(65)56-53-50-47-44-41-38-35-32-29-26-23-20-17-14-11-8-5-2/h9,12,16,18-19,21,25,27-28,30,36,39,45,48,60H,4-8,10-11,13-15,17,20,22-24,26,29,31-35,37-38,40-44,46-47,49-59H2,1-3H3/b12-9-,19-16-,21-18-,28-25-,30-27-,39-36-,48-45-/t60-/m1/s1. The van der Waals surface area contributed by atoms with Gasteiger partial charge in [-0.2, -0.15) is 0 Å². The Balaban J connectivity index is 4.47. The molecule has 0 fully saturated rings. The summed E-state index contributed by atoms with van der Waals surface area (Å²) in [5.41, 5.74) is 0. The lowest BCUT2D eigenvalue weighted by atomic mass is 10.0. The Hall–Kier alpha value is -3.41. The highest BCUT2D eigenvalue weighted by molar-refractivity contribution is 5.71. The van der Waals surface area contributed by atoms with E-state index in [0.717, 1.165) is 89.9 Å². The van der Waals surface area contributed by atoms with E-state index in [1.54, 1.807) is 0 Å². The molecule has 0 saturated carbocycles. The van der Waals surface area contributed by atoms with Crippen LogP contribution >= 0.6 is 0 Å². The third-order valence-corrected chi connectivity index (χ3v) is 12.4. The van der Waals surface area contributed by atoms with Gasteiger partial charge in [-0.05, 0) is 89.9 Å². The van der Waals surface area contributed by atoms with Crippen LogP contribution in [0.2, 0.25) is 0 Å². The van der Waals surface area contributed by atoms with Crippen LogP contribution in [0.25, 0.3) is 0 Å². The Morgan fingerprint density at radius 2 is 0.580 bits per heavy atom. The van der Waals surface area contributed by atoms with Gasteiger partial charge in [0.15, 0.2) is 6.10 Å².